The second-order valence-electron chi connectivity index (χ2n) is 5.40. The molecule has 1 aliphatic heterocycles. The summed E-state index contributed by atoms with van der Waals surface area (Å²) in [4.78, 5) is 25.4. The summed E-state index contributed by atoms with van der Waals surface area (Å²) in [6, 6.07) is 4.94. The number of aromatic carboxylic acids is 1. The first kappa shape index (κ1) is 15.4. The van der Waals surface area contributed by atoms with E-state index in [1.165, 1.54) is 6.07 Å². The van der Waals surface area contributed by atoms with E-state index in [4.69, 9.17) is 4.74 Å². The van der Waals surface area contributed by atoms with Crippen LogP contribution in [-0.2, 0) is 4.79 Å². The van der Waals surface area contributed by atoms with Crippen molar-refractivity contribution in [3.05, 3.63) is 29.3 Å². The topological polar surface area (TPSA) is 66.8 Å². The number of aryl methyl sites for hydroxylation is 1. The number of amides is 1. The first-order chi connectivity index (χ1) is 10.0. The highest BCUT2D eigenvalue weighted by molar-refractivity contribution is 5.91. The van der Waals surface area contributed by atoms with Crippen molar-refractivity contribution in [2.75, 3.05) is 13.1 Å². The summed E-state index contributed by atoms with van der Waals surface area (Å²) in [6.45, 7) is 4.97. The standard InChI is InChI=1S/C16H21NO4/c1-11-7-6-8-13(16(19)20)14(11)21-12(2)15(18)17-9-4-3-5-10-17/h6-8,12H,3-5,9-10H2,1-2H3,(H,19,20). The molecule has 0 bridgehead atoms. The van der Waals surface area contributed by atoms with Crippen molar-refractivity contribution in [2.45, 2.75) is 39.2 Å². The molecule has 1 aromatic carbocycles. The molecular weight excluding hydrogens is 270 g/mol. The number of benzene rings is 1. The first-order valence-electron chi connectivity index (χ1n) is 7.29. The van der Waals surface area contributed by atoms with Gasteiger partial charge in [-0.1, -0.05) is 12.1 Å². The summed E-state index contributed by atoms with van der Waals surface area (Å²) < 4.78 is 5.68. The van der Waals surface area contributed by atoms with Gasteiger partial charge in [0.05, 0.1) is 0 Å². The average molecular weight is 291 g/mol. The predicted molar refractivity (Wildman–Crippen MR) is 78.7 cm³/mol. The fraction of sp³-hybridized carbons (Fsp3) is 0.500. The average Bonchev–Trinajstić information content (AvgIpc) is 2.49. The van der Waals surface area contributed by atoms with Crippen molar-refractivity contribution < 1.29 is 19.4 Å². The van der Waals surface area contributed by atoms with E-state index in [-0.39, 0.29) is 17.2 Å². The number of nitrogens with zero attached hydrogens (tertiary/aromatic N) is 1. The van der Waals surface area contributed by atoms with Crippen LogP contribution < -0.4 is 4.74 Å². The van der Waals surface area contributed by atoms with E-state index < -0.39 is 12.1 Å². The third-order valence-corrected chi connectivity index (χ3v) is 3.75. The number of piperidine rings is 1. The molecule has 0 aliphatic carbocycles. The van der Waals surface area contributed by atoms with E-state index in [2.05, 4.69) is 0 Å². The number of para-hydroxylation sites is 1. The van der Waals surface area contributed by atoms with Crippen LogP contribution in [0.15, 0.2) is 18.2 Å². The summed E-state index contributed by atoms with van der Waals surface area (Å²) in [7, 11) is 0. The molecule has 1 atom stereocenters. The van der Waals surface area contributed by atoms with E-state index in [0.717, 1.165) is 32.4 Å². The summed E-state index contributed by atoms with van der Waals surface area (Å²) in [5.41, 5.74) is 0.807. The van der Waals surface area contributed by atoms with E-state index >= 15 is 0 Å². The molecule has 0 saturated carbocycles. The molecule has 1 N–H and O–H groups in total. The quantitative estimate of drug-likeness (QED) is 0.925. The predicted octanol–water partition coefficient (Wildman–Crippen LogP) is 2.47. The largest absolute Gasteiger partial charge is 0.480 e. The number of hydrogen-bond acceptors (Lipinski definition) is 3. The van der Waals surface area contributed by atoms with Crippen LogP contribution in [0.5, 0.6) is 5.75 Å². The van der Waals surface area contributed by atoms with E-state index in [9.17, 15) is 14.7 Å². The molecule has 0 aromatic heterocycles. The highest BCUT2D eigenvalue weighted by Crippen LogP contribution is 2.25. The number of carbonyl (C=O) groups is 2. The third-order valence-electron chi connectivity index (χ3n) is 3.75. The van der Waals surface area contributed by atoms with Crippen molar-refractivity contribution in [1.29, 1.82) is 0 Å². The van der Waals surface area contributed by atoms with Gasteiger partial charge in [0.15, 0.2) is 6.10 Å². The van der Waals surface area contributed by atoms with Crippen molar-refractivity contribution in [3.8, 4) is 5.75 Å². The van der Waals surface area contributed by atoms with Crippen molar-refractivity contribution >= 4 is 11.9 Å². The first-order valence-corrected chi connectivity index (χ1v) is 7.29. The molecule has 114 valence electrons. The van der Waals surface area contributed by atoms with Crippen LogP contribution in [0, 0.1) is 6.92 Å². The molecule has 1 fully saturated rings. The minimum atomic E-state index is -1.05. The fourth-order valence-electron chi connectivity index (χ4n) is 2.58. The monoisotopic (exact) mass is 291 g/mol. The number of carbonyl (C=O) groups excluding carboxylic acids is 1. The highest BCUT2D eigenvalue weighted by atomic mass is 16.5. The SMILES string of the molecule is Cc1cccc(C(=O)O)c1OC(C)C(=O)N1CCCCC1. The van der Waals surface area contributed by atoms with Crippen LogP contribution in [0.1, 0.15) is 42.1 Å². The van der Waals surface area contributed by atoms with Crippen molar-refractivity contribution in [1.82, 2.24) is 4.90 Å². The smallest absolute Gasteiger partial charge is 0.339 e. The molecule has 1 unspecified atom stereocenters. The Labute approximate surface area is 124 Å². The van der Waals surface area contributed by atoms with Gasteiger partial charge in [0.1, 0.15) is 11.3 Å². The lowest BCUT2D eigenvalue weighted by Gasteiger charge is -2.29. The summed E-state index contributed by atoms with van der Waals surface area (Å²) in [6.07, 6.45) is 2.51. The zero-order valence-corrected chi connectivity index (χ0v) is 12.5. The number of rotatable bonds is 4. The molecule has 0 radical (unpaired) electrons. The lowest BCUT2D eigenvalue weighted by atomic mass is 10.1. The lowest BCUT2D eigenvalue weighted by Crippen LogP contribution is -2.43. The maximum absolute atomic E-state index is 12.3. The fourth-order valence-corrected chi connectivity index (χ4v) is 2.58. The van der Waals surface area contributed by atoms with Crippen LogP contribution in [-0.4, -0.2) is 41.1 Å². The van der Waals surface area contributed by atoms with Crippen LogP contribution in [0.25, 0.3) is 0 Å². The van der Waals surface area contributed by atoms with Gasteiger partial charge in [0.2, 0.25) is 0 Å². The molecule has 21 heavy (non-hydrogen) atoms. The second kappa shape index (κ2) is 6.61. The van der Waals surface area contributed by atoms with Gasteiger partial charge in [-0.3, -0.25) is 4.79 Å². The minimum absolute atomic E-state index is 0.0747. The lowest BCUT2D eigenvalue weighted by molar-refractivity contribution is -0.138. The van der Waals surface area contributed by atoms with Crippen molar-refractivity contribution in [3.63, 3.8) is 0 Å². The summed E-state index contributed by atoms with van der Waals surface area (Å²) in [5.74, 6) is -0.844. The second-order valence-corrected chi connectivity index (χ2v) is 5.40. The van der Waals surface area contributed by atoms with Crippen LogP contribution in [0.2, 0.25) is 0 Å². The summed E-state index contributed by atoms with van der Waals surface area (Å²) in [5, 5.41) is 9.21. The Morgan fingerprint density at radius 2 is 1.90 bits per heavy atom. The van der Waals surface area contributed by atoms with Gasteiger partial charge in [0, 0.05) is 13.1 Å². The normalized spacial score (nSPS) is 16.4. The van der Waals surface area contributed by atoms with Gasteiger partial charge in [-0.05, 0) is 44.7 Å². The molecule has 1 heterocycles. The number of carboxylic acids is 1. The Balaban J connectivity index is 2.13. The summed E-state index contributed by atoms with van der Waals surface area (Å²) >= 11 is 0. The Hall–Kier alpha value is -2.04. The van der Waals surface area contributed by atoms with Crippen LogP contribution >= 0.6 is 0 Å². The molecule has 1 aromatic rings. The van der Waals surface area contributed by atoms with Gasteiger partial charge in [-0.2, -0.15) is 0 Å². The zero-order valence-electron chi connectivity index (χ0n) is 12.5. The van der Waals surface area contributed by atoms with Crippen molar-refractivity contribution in [2.24, 2.45) is 0 Å². The zero-order chi connectivity index (χ0) is 15.4. The van der Waals surface area contributed by atoms with E-state index in [1.54, 1.807) is 30.9 Å². The van der Waals surface area contributed by atoms with Gasteiger partial charge >= 0.3 is 5.97 Å². The molecular formula is C16H21NO4. The van der Waals surface area contributed by atoms with Gasteiger partial charge in [-0.15, -0.1) is 0 Å². The molecule has 5 heteroatoms. The number of hydrogen-bond donors (Lipinski definition) is 1. The van der Waals surface area contributed by atoms with Gasteiger partial charge in [0.25, 0.3) is 5.91 Å². The third kappa shape index (κ3) is 3.54. The van der Waals surface area contributed by atoms with E-state index in [0.29, 0.717) is 5.56 Å². The Morgan fingerprint density at radius 3 is 2.52 bits per heavy atom. The molecule has 0 spiro atoms. The van der Waals surface area contributed by atoms with Gasteiger partial charge in [-0.25, -0.2) is 4.79 Å². The maximum Gasteiger partial charge on any atom is 0.339 e. The van der Waals surface area contributed by atoms with Crippen LogP contribution in [0.4, 0.5) is 0 Å². The Morgan fingerprint density at radius 1 is 1.24 bits per heavy atom. The molecule has 1 saturated heterocycles. The molecule has 2 rings (SSSR count). The highest BCUT2D eigenvalue weighted by Gasteiger charge is 2.25. The van der Waals surface area contributed by atoms with Crippen LogP contribution in [0.3, 0.4) is 0 Å². The number of carboxylic acid groups (broad SMARTS) is 1. The Bertz CT molecular complexity index is 535. The van der Waals surface area contributed by atoms with Gasteiger partial charge < -0.3 is 14.7 Å². The minimum Gasteiger partial charge on any atom is -0.480 e. The molecule has 1 aliphatic rings. The molecule has 1 amide bonds. The molecule has 5 nitrogen and oxygen atoms in total. The van der Waals surface area contributed by atoms with E-state index in [1.807, 2.05) is 0 Å². The maximum atomic E-state index is 12.3. The number of ether oxygens (including phenoxy) is 1. The number of likely N-dealkylation sites (tertiary alicyclic amines) is 1. The Kier molecular flexibility index (Phi) is 4.83.